The Morgan fingerprint density at radius 3 is 2.59 bits per heavy atom. The first kappa shape index (κ1) is 12.0. The fourth-order valence-electron chi connectivity index (χ4n) is 4.46. The minimum absolute atomic E-state index is 0.0870. The fraction of sp³-hybridized carbons (Fsp3) is 1.00. The Labute approximate surface area is 105 Å². The number of rotatable bonds is 3. The number of fused-ring (bicyclic) bond motifs is 2. The molecule has 0 aromatic carbocycles. The number of nitrogens with one attached hydrogen (secondary N) is 1. The molecule has 3 aliphatic rings. The largest absolute Gasteiger partial charge is 0.392 e. The van der Waals surface area contributed by atoms with Crippen molar-refractivity contribution >= 4 is 0 Å². The van der Waals surface area contributed by atoms with E-state index in [4.69, 9.17) is 0 Å². The van der Waals surface area contributed by atoms with E-state index in [1.807, 2.05) is 0 Å². The molecule has 0 saturated heterocycles. The van der Waals surface area contributed by atoms with Crippen LogP contribution in [0.3, 0.4) is 0 Å². The van der Waals surface area contributed by atoms with Crippen LogP contribution >= 0.6 is 0 Å². The first-order valence-corrected chi connectivity index (χ1v) is 7.74. The van der Waals surface area contributed by atoms with E-state index in [-0.39, 0.29) is 6.10 Å². The van der Waals surface area contributed by atoms with Gasteiger partial charge in [0.15, 0.2) is 0 Å². The number of hydrogen-bond donors (Lipinski definition) is 2. The lowest BCUT2D eigenvalue weighted by molar-refractivity contribution is 0.115. The van der Waals surface area contributed by atoms with E-state index in [0.29, 0.717) is 6.04 Å². The molecule has 17 heavy (non-hydrogen) atoms. The maximum Gasteiger partial charge on any atom is 0.0693 e. The van der Waals surface area contributed by atoms with Gasteiger partial charge in [-0.25, -0.2) is 0 Å². The SMILES string of the molecule is OC1CCCCCC1NCC1CC2CCC1C2. The molecule has 2 N–H and O–H groups in total. The van der Waals surface area contributed by atoms with Crippen LogP contribution in [0.25, 0.3) is 0 Å². The molecule has 0 aliphatic heterocycles. The second-order valence-electron chi connectivity index (χ2n) is 6.66. The van der Waals surface area contributed by atoms with Crippen molar-refractivity contribution in [2.24, 2.45) is 17.8 Å². The van der Waals surface area contributed by atoms with Gasteiger partial charge in [-0.1, -0.05) is 25.7 Å². The number of aliphatic hydroxyl groups excluding tert-OH is 1. The highest BCUT2D eigenvalue weighted by Gasteiger charge is 2.39. The van der Waals surface area contributed by atoms with Gasteiger partial charge in [-0.15, -0.1) is 0 Å². The lowest BCUT2D eigenvalue weighted by Gasteiger charge is -2.27. The molecule has 5 atom stereocenters. The van der Waals surface area contributed by atoms with Crippen molar-refractivity contribution in [3.8, 4) is 0 Å². The minimum Gasteiger partial charge on any atom is -0.392 e. The second-order valence-corrected chi connectivity index (χ2v) is 6.66. The third kappa shape index (κ3) is 2.68. The van der Waals surface area contributed by atoms with Crippen LogP contribution in [-0.4, -0.2) is 23.8 Å². The van der Waals surface area contributed by atoms with E-state index >= 15 is 0 Å². The van der Waals surface area contributed by atoms with Gasteiger partial charge in [0.1, 0.15) is 0 Å². The average Bonchev–Trinajstić information content (AvgIpc) is 2.88. The van der Waals surface area contributed by atoms with Gasteiger partial charge < -0.3 is 10.4 Å². The van der Waals surface area contributed by atoms with Crippen LogP contribution in [0.15, 0.2) is 0 Å². The first-order chi connectivity index (χ1) is 8.33. The van der Waals surface area contributed by atoms with Crippen LogP contribution in [0, 0.1) is 17.8 Å². The molecule has 3 rings (SSSR count). The van der Waals surface area contributed by atoms with Gasteiger partial charge in [0.25, 0.3) is 0 Å². The minimum atomic E-state index is -0.0870. The lowest BCUT2D eigenvalue weighted by Crippen LogP contribution is -2.42. The summed E-state index contributed by atoms with van der Waals surface area (Å²) < 4.78 is 0. The van der Waals surface area contributed by atoms with E-state index < -0.39 is 0 Å². The van der Waals surface area contributed by atoms with Gasteiger partial charge >= 0.3 is 0 Å². The molecule has 2 nitrogen and oxygen atoms in total. The molecule has 0 aromatic heterocycles. The van der Waals surface area contributed by atoms with Crippen LogP contribution in [-0.2, 0) is 0 Å². The van der Waals surface area contributed by atoms with Gasteiger partial charge in [0.2, 0.25) is 0 Å². The van der Waals surface area contributed by atoms with E-state index in [1.54, 1.807) is 0 Å². The molecular weight excluding hydrogens is 210 g/mol. The molecule has 3 aliphatic carbocycles. The van der Waals surface area contributed by atoms with Gasteiger partial charge in [0, 0.05) is 6.04 Å². The number of aliphatic hydroxyl groups is 1. The molecule has 0 amide bonds. The third-order valence-electron chi connectivity index (χ3n) is 5.51. The maximum absolute atomic E-state index is 10.1. The molecular formula is C15H27NO. The molecule has 2 heteroatoms. The Balaban J connectivity index is 1.46. The Bertz CT molecular complexity index is 255. The molecule has 0 heterocycles. The van der Waals surface area contributed by atoms with Crippen molar-refractivity contribution in [1.82, 2.24) is 5.32 Å². The molecule has 5 unspecified atom stereocenters. The van der Waals surface area contributed by atoms with Gasteiger partial charge in [0.05, 0.1) is 6.10 Å². The van der Waals surface area contributed by atoms with Crippen LogP contribution in [0.4, 0.5) is 0 Å². The van der Waals surface area contributed by atoms with Crippen molar-refractivity contribution in [3.63, 3.8) is 0 Å². The van der Waals surface area contributed by atoms with E-state index in [0.717, 1.165) is 24.2 Å². The normalized spacial score (nSPS) is 46.1. The zero-order valence-corrected chi connectivity index (χ0v) is 10.9. The highest BCUT2D eigenvalue weighted by molar-refractivity contribution is 4.92. The van der Waals surface area contributed by atoms with Crippen LogP contribution in [0.1, 0.15) is 57.8 Å². The zero-order chi connectivity index (χ0) is 11.7. The average molecular weight is 237 g/mol. The summed E-state index contributed by atoms with van der Waals surface area (Å²) in [4.78, 5) is 0. The van der Waals surface area contributed by atoms with Gasteiger partial charge in [-0.3, -0.25) is 0 Å². The number of hydrogen-bond acceptors (Lipinski definition) is 2. The Hall–Kier alpha value is -0.0800. The van der Waals surface area contributed by atoms with Crippen molar-refractivity contribution < 1.29 is 5.11 Å². The highest BCUT2D eigenvalue weighted by Crippen LogP contribution is 2.48. The van der Waals surface area contributed by atoms with Crippen LogP contribution in [0.5, 0.6) is 0 Å². The van der Waals surface area contributed by atoms with Crippen molar-refractivity contribution in [2.45, 2.75) is 69.9 Å². The standard InChI is InChI=1S/C15H27NO/c17-15-5-3-1-2-4-14(15)16-10-13-9-11-6-7-12(13)8-11/h11-17H,1-10H2. The summed E-state index contributed by atoms with van der Waals surface area (Å²) in [6.45, 7) is 1.17. The topological polar surface area (TPSA) is 32.3 Å². The first-order valence-electron chi connectivity index (χ1n) is 7.74. The monoisotopic (exact) mass is 237 g/mol. The predicted octanol–water partition coefficient (Wildman–Crippen LogP) is 2.71. The van der Waals surface area contributed by atoms with E-state index in [9.17, 15) is 5.11 Å². The van der Waals surface area contributed by atoms with E-state index in [2.05, 4.69) is 5.32 Å². The van der Waals surface area contributed by atoms with Crippen molar-refractivity contribution in [3.05, 3.63) is 0 Å². The molecule has 2 bridgehead atoms. The summed E-state index contributed by atoms with van der Waals surface area (Å²) in [6.07, 6.45) is 11.9. The molecule has 0 aromatic rings. The summed E-state index contributed by atoms with van der Waals surface area (Å²) in [5.41, 5.74) is 0. The summed E-state index contributed by atoms with van der Waals surface area (Å²) in [5.74, 6) is 2.98. The second kappa shape index (κ2) is 5.27. The quantitative estimate of drug-likeness (QED) is 0.740. The summed E-state index contributed by atoms with van der Waals surface area (Å²) in [5, 5.41) is 13.8. The van der Waals surface area contributed by atoms with Crippen LogP contribution in [0.2, 0.25) is 0 Å². The molecule has 3 fully saturated rings. The zero-order valence-electron chi connectivity index (χ0n) is 10.9. The molecule has 3 saturated carbocycles. The Kier molecular flexibility index (Phi) is 3.72. The Morgan fingerprint density at radius 1 is 0.941 bits per heavy atom. The molecule has 0 spiro atoms. The molecule has 98 valence electrons. The summed E-state index contributed by atoms with van der Waals surface area (Å²) in [7, 11) is 0. The highest BCUT2D eigenvalue weighted by atomic mass is 16.3. The van der Waals surface area contributed by atoms with Crippen molar-refractivity contribution in [1.29, 1.82) is 0 Å². The maximum atomic E-state index is 10.1. The molecule has 0 radical (unpaired) electrons. The Morgan fingerprint density at radius 2 is 1.82 bits per heavy atom. The lowest BCUT2D eigenvalue weighted by atomic mass is 9.88. The fourth-order valence-corrected chi connectivity index (χ4v) is 4.46. The van der Waals surface area contributed by atoms with Gasteiger partial charge in [-0.2, -0.15) is 0 Å². The summed E-state index contributed by atoms with van der Waals surface area (Å²) >= 11 is 0. The van der Waals surface area contributed by atoms with Crippen LogP contribution < -0.4 is 5.32 Å². The third-order valence-corrected chi connectivity index (χ3v) is 5.51. The van der Waals surface area contributed by atoms with Crippen molar-refractivity contribution in [2.75, 3.05) is 6.54 Å². The van der Waals surface area contributed by atoms with Gasteiger partial charge in [-0.05, 0) is 56.4 Å². The summed E-state index contributed by atoms with van der Waals surface area (Å²) in [6, 6.07) is 0.386. The van der Waals surface area contributed by atoms with E-state index in [1.165, 1.54) is 57.9 Å². The smallest absolute Gasteiger partial charge is 0.0693 e. The predicted molar refractivity (Wildman–Crippen MR) is 69.8 cm³/mol.